The fourth-order valence-electron chi connectivity index (χ4n) is 6.59. The third-order valence-electron chi connectivity index (χ3n) is 8.71. The molecule has 0 aliphatic carbocycles. The van der Waals surface area contributed by atoms with E-state index in [2.05, 4.69) is 15.2 Å². The number of fused-ring (bicyclic) bond motifs is 2. The zero-order chi connectivity index (χ0) is 31.5. The topological polar surface area (TPSA) is 71.7 Å². The van der Waals surface area contributed by atoms with E-state index in [0.29, 0.717) is 36.3 Å². The minimum absolute atomic E-state index is 0.123. The molecule has 1 saturated heterocycles. The summed E-state index contributed by atoms with van der Waals surface area (Å²) in [6.45, 7) is 2.58. The number of aromatic nitrogens is 1. The van der Waals surface area contributed by atoms with Gasteiger partial charge < -0.3 is 25.0 Å². The van der Waals surface area contributed by atoms with Gasteiger partial charge in [-0.15, -0.1) is 11.8 Å². The van der Waals surface area contributed by atoms with Crippen LogP contribution in [0.4, 0.5) is 14.9 Å². The van der Waals surface area contributed by atoms with Crippen molar-refractivity contribution in [1.29, 1.82) is 0 Å². The lowest BCUT2D eigenvalue weighted by Gasteiger charge is -2.38. The summed E-state index contributed by atoms with van der Waals surface area (Å²) in [7, 11) is 4.09. The molecule has 3 aromatic carbocycles. The number of amides is 3. The molecule has 1 fully saturated rings. The Kier molecular flexibility index (Phi) is 9.68. The van der Waals surface area contributed by atoms with Crippen LogP contribution in [0.2, 0.25) is 5.02 Å². The number of rotatable bonds is 8. The second-order valence-electron chi connectivity index (χ2n) is 12.4. The Morgan fingerprint density at radius 2 is 1.84 bits per heavy atom. The molecular weight excluding hydrogens is 609 g/mol. The van der Waals surface area contributed by atoms with Gasteiger partial charge in [0.25, 0.3) is 0 Å². The van der Waals surface area contributed by atoms with Crippen molar-refractivity contribution in [2.75, 3.05) is 45.2 Å². The van der Waals surface area contributed by atoms with Crippen LogP contribution < -0.4 is 10.2 Å². The van der Waals surface area contributed by atoms with Gasteiger partial charge in [-0.05, 0) is 98.9 Å². The summed E-state index contributed by atoms with van der Waals surface area (Å²) < 4.78 is 13.3. The van der Waals surface area contributed by atoms with Crippen molar-refractivity contribution in [2.45, 2.75) is 41.9 Å². The van der Waals surface area contributed by atoms with Crippen molar-refractivity contribution in [3.05, 3.63) is 94.9 Å². The summed E-state index contributed by atoms with van der Waals surface area (Å²) in [6, 6.07) is 19.3. The molecule has 4 aromatic rings. The number of carbonyl (C=O) groups is 2. The van der Waals surface area contributed by atoms with Crippen LogP contribution in [0.3, 0.4) is 0 Å². The third kappa shape index (κ3) is 7.48. The number of hydrogen-bond acceptors (Lipinski definition) is 4. The van der Waals surface area contributed by atoms with Gasteiger partial charge in [-0.25, -0.2) is 9.18 Å². The summed E-state index contributed by atoms with van der Waals surface area (Å²) >= 11 is 8.12. The zero-order valence-corrected chi connectivity index (χ0v) is 27.2. The van der Waals surface area contributed by atoms with Crippen molar-refractivity contribution in [1.82, 2.24) is 20.1 Å². The SMILES string of the molecule is CN(C)C[C@@H]1Cc2cc(Cl)ccc2N(C(=O)[C@@H](Cc2c[nH]c3ccccc23)NC(=O)N2CCC(Sc3ccc(F)cc3)CC2)C1. The van der Waals surface area contributed by atoms with E-state index in [0.717, 1.165) is 58.4 Å². The van der Waals surface area contributed by atoms with Gasteiger partial charge in [-0.2, -0.15) is 0 Å². The van der Waals surface area contributed by atoms with Crippen molar-refractivity contribution in [3.63, 3.8) is 0 Å². The molecule has 3 amide bonds. The summed E-state index contributed by atoms with van der Waals surface area (Å²) in [5.41, 5.74) is 3.88. The quantitative estimate of drug-likeness (QED) is 0.226. The molecule has 0 radical (unpaired) electrons. The molecule has 2 atom stereocenters. The van der Waals surface area contributed by atoms with Gasteiger partial charge in [0.2, 0.25) is 5.91 Å². The Morgan fingerprint density at radius 3 is 2.60 bits per heavy atom. The number of nitrogens with zero attached hydrogens (tertiary/aromatic N) is 3. The monoisotopic (exact) mass is 647 g/mol. The van der Waals surface area contributed by atoms with Crippen LogP contribution in [0.15, 0.2) is 77.8 Å². The average Bonchev–Trinajstić information content (AvgIpc) is 3.43. The number of para-hydroxylation sites is 1. The number of nitrogens with one attached hydrogen (secondary N) is 2. The summed E-state index contributed by atoms with van der Waals surface area (Å²) in [4.78, 5) is 38.5. The van der Waals surface area contributed by atoms with E-state index in [9.17, 15) is 14.0 Å². The molecule has 236 valence electrons. The Balaban J connectivity index is 1.21. The molecule has 0 unspecified atom stereocenters. The van der Waals surface area contributed by atoms with Crippen molar-refractivity contribution >= 4 is 51.9 Å². The van der Waals surface area contributed by atoms with Crippen molar-refractivity contribution in [2.24, 2.45) is 5.92 Å². The first kappa shape index (κ1) is 31.5. The molecule has 45 heavy (non-hydrogen) atoms. The van der Waals surface area contributed by atoms with Gasteiger partial charge in [0.15, 0.2) is 0 Å². The van der Waals surface area contributed by atoms with E-state index in [1.165, 1.54) is 12.1 Å². The maximum Gasteiger partial charge on any atom is 0.318 e. The van der Waals surface area contributed by atoms with Crippen LogP contribution in [0.5, 0.6) is 0 Å². The van der Waals surface area contributed by atoms with Crippen LogP contribution in [0.25, 0.3) is 10.9 Å². The number of likely N-dealkylation sites (tertiary alicyclic amines) is 1. The van der Waals surface area contributed by atoms with Gasteiger partial charge in [0.1, 0.15) is 11.9 Å². The molecule has 10 heteroatoms. The first-order chi connectivity index (χ1) is 21.7. The van der Waals surface area contributed by atoms with E-state index >= 15 is 0 Å². The predicted octanol–water partition coefficient (Wildman–Crippen LogP) is 6.60. The minimum atomic E-state index is -0.760. The molecule has 0 bridgehead atoms. The van der Waals surface area contributed by atoms with Crippen LogP contribution in [-0.2, 0) is 17.6 Å². The summed E-state index contributed by atoms with van der Waals surface area (Å²) in [6.07, 6.45) is 4.78. The van der Waals surface area contributed by atoms with E-state index in [4.69, 9.17) is 11.6 Å². The van der Waals surface area contributed by atoms with Crippen LogP contribution in [0, 0.1) is 11.7 Å². The second-order valence-corrected chi connectivity index (χ2v) is 14.2. The Hall–Kier alpha value is -3.53. The second kappa shape index (κ2) is 13.8. The number of hydrogen-bond donors (Lipinski definition) is 2. The van der Waals surface area contributed by atoms with E-state index in [1.54, 1.807) is 23.9 Å². The van der Waals surface area contributed by atoms with Gasteiger partial charge in [-0.1, -0.05) is 29.8 Å². The van der Waals surface area contributed by atoms with Gasteiger partial charge in [-0.3, -0.25) is 4.79 Å². The van der Waals surface area contributed by atoms with Gasteiger partial charge in [0, 0.05) is 70.6 Å². The maximum absolute atomic E-state index is 14.5. The highest BCUT2D eigenvalue weighted by atomic mass is 35.5. The lowest BCUT2D eigenvalue weighted by atomic mass is 9.91. The number of benzene rings is 3. The first-order valence-corrected chi connectivity index (χ1v) is 16.8. The summed E-state index contributed by atoms with van der Waals surface area (Å²) in [5, 5.41) is 5.18. The molecule has 3 heterocycles. The molecule has 6 rings (SSSR count). The average molecular weight is 648 g/mol. The standard InChI is InChI=1S/C35H39ClFN5O2S/c1-40(2)21-23-17-24-18-26(36)7-12-33(24)42(22-23)34(43)32(19-25-20-38-31-6-4-3-5-30(25)31)39-35(44)41-15-13-29(14-16-41)45-28-10-8-27(37)9-11-28/h3-12,18,20,23,29,32,38H,13-17,19,21-22H2,1-2H3,(H,39,44)/t23-,32+/m0/s1. The lowest BCUT2D eigenvalue weighted by molar-refractivity contribution is -0.120. The molecule has 0 spiro atoms. The smallest absolute Gasteiger partial charge is 0.318 e. The number of anilines is 1. The molecular formula is C35H39ClFN5O2S. The highest BCUT2D eigenvalue weighted by molar-refractivity contribution is 8.00. The fraction of sp³-hybridized carbons (Fsp3) is 0.371. The Morgan fingerprint density at radius 1 is 1.09 bits per heavy atom. The van der Waals surface area contributed by atoms with Crippen LogP contribution >= 0.6 is 23.4 Å². The molecule has 0 saturated carbocycles. The Bertz CT molecular complexity index is 1650. The van der Waals surface area contributed by atoms with Gasteiger partial charge >= 0.3 is 6.03 Å². The zero-order valence-electron chi connectivity index (χ0n) is 25.6. The third-order valence-corrected chi connectivity index (χ3v) is 10.3. The first-order valence-electron chi connectivity index (χ1n) is 15.5. The largest absolute Gasteiger partial charge is 0.361 e. The highest BCUT2D eigenvalue weighted by Crippen LogP contribution is 2.34. The predicted molar refractivity (Wildman–Crippen MR) is 181 cm³/mol. The maximum atomic E-state index is 14.5. The number of aromatic amines is 1. The normalized spacial score (nSPS) is 17.8. The van der Waals surface area contributed by atoms with Gasteiger partial charge in [0.05, 0.1) is 0 Å². The Labute approximate surface area is 273 Å². The van der Waals surface area contributed by atoms with E-state index in [-0.39, 0.29) is 23.7 Å². The number of urea groups is 1. The van der Waals surface area contributed by atoms with E-state index in [1.807, 2.05) is 72.6 Å². The molecule has 2 aliphatic rings. The highest BCUT2D eigenvalue weighted by Gasteiger charge is 2.35. The minimum Gasteiger partial charge on any atom is -0.361 e. The van der Waals surface area contributed by atoms with Crippen LogP contribution in [-0.4, -0.2) is 78.3 Å². The molecule has 7 nitrogen and oxygen atoms in total. The number of H-pyrrole nitrogens is 1. The van der Waals surface area contributed by atoms with Crippen molar-refractivity contribution in [3.8, 4) is 0 Å². The van der Waals surface area contributed by atoms with Crippen molar-refractivity contribution < 1.29 is 14.0 Å². The summed E-state index contributed by atoms with van der Waals surface area (Å²) in [5.74, 6) is -0.132. The number of halogens is 2. The molecule has 2 aliphatic heterocycles. The van der Waals surface area contributed by atoms with Crippen LogP contribution in [0.1, 0.15) is 24.0 Å². The number of piperidine rings is 1. The molecule has 2 N–H and O–H groups in total. The fourth-order valence-corrected chi connectivity index (χ4v) is 7.91. The number of carbonyl (C=O) groups excluding carboxylic acids is 2. The van der Waals surface area contributed by atoms with E-state index < -0.39 is 6.04 Å². The molecule has 1 aromatic heterocycles. The lowest BCUT2D eigenvalue weighted by Crippen LogP contribution is -2.56. The number of thioether (sulfide) groups is 1.